The maximum atomic E-state index is 12.5. The van der Waals surface area contributed by atoms with Crippen LogP contribution in [0.2, 0.25) is 0 Å². The molecule has 0 spiro atoms. The summed E-state index contributed by atoms with van der Waals surface area (Å²) in [6, 6.07) is 6.03. The zero-order chi connectivity index (χ0) is 8.97. The first-order chi connectivity index (χ1) is 5.77. The van der Waals surface area contributed by atoms with Crippen LogP contribution in [-0.2, 0) is 0 Å². The number of hydrogen-bond acceptors (Lipinski definition) is 1. The molecule has 0 aromatic heterocycles. The summed E-state index contributed by atoms with van der Waals surface area (Å²) in [5.41, 5.74) is 0.207. The molecule has 0 heterocycles. The Morgan fingerprint density at radius 2 is 1.92 bits per heavy atom. The fourth-order valence-electron chi connectivity index (χ4n) is 0.813. The lowest BCUT2D eigenvalue weighted by Crippen LogP contribution is -1.82. The highest BCUT2D eigenvalue weighted by molar-refractivity contribution is 5.58. The Labute approximate surface area is 69.3 Å². The third-order valence-electron chi connectivity index (χ3n) is 1.46. The molecule has 0 fully saturated rings. The van der Waals surface area contributed by atoms with Gasteiger partial charge < -0.3 is 4.74 Å². The zero-order valence-corrected chi connectivity index (χ0v) is 6.55. The Morgan fingerprint density at radius 3 is 2.33 bits per heavy atom. The van der Waals surface area contributed by atoms with Crippen LogP contribution >= 0.6 is 0 Å². The van der Waals surface area contributed by atoms with Crippen LogP contribution in [0.25, 0.3) is 5.83 Å². The first kappa shape index (κ1) is 8.71. The van der Waals surface area contributed by atoms with E-state index in [-0.39, 0.29) is 11.9 Å². The van der Waals surface area contributed by atoms with Crippen molar-refractivity contribution in [3.63, 3.8) is 0 Å². The molecule has 1 rings (SSSR count). The number of rotatable bonds is 2. The highest BCUT2D eigenvalue weighted by Crippen LogP contribution is 2.19. The third-order valence-corrected chi connectivity index (χ3v) is 1.46. The van der Waals surface area contributed by atoms with E-state index in [2.05, 4.69) is 0 Å². The van der Waals surface area contributed by atoms with E-state index in [1.807, 2.05) is 0 Å². The summed E-state index contributed by atoms with van der Waals surface area (Å²) in [4.78, 5) is 0. The minimum Gasteiger partial charge on any atom is -0.497 e. The van der Waals surface area contributed by atoms with Crippen molar-refractivity contribution in [1.29, 1.82) is 0 Å². The number of ether oxygens (including phenoxy) is 1. The Balaban J connectivity index is 2.92. The molecule has 1 aromatic carbocycles. The van der Waals surface area contributed by atoms with Gasteiger partial charge in [-0.1, -0.05) is 0 Å². The highest BCUT2D eigenvalue weighted by atomic mass is 19.2. The number of benzene rings is 1. The van der Waals surface area contributed by atoms with Gasteiger partial charge in [-0.15, -0.1) is 0 Å². The van der Waals surface area contributed by atoms with Crippen molar-refractivity contribution in [3.8, 4) is 5.75 Å². The summed E-state index contributed by atoms with van der Waals surface area (Å²) in [7, 11) is 1.51. The van der Waals surface area contributed by atoms with Crippen molar-refractivity contribution in [2.45, 2.75) is 0 Å². The summed E-state index contributed by atoms with van der Waals surface area (Å²) in [6.07, 6.45) is -0.0676. The van der Waals surface area contributed by atoms with Gasteiger partial charge >= 0.3 is 0 Å². The molecular formula is C9H8F2O. The minimum absolute atomic E-state index is 0.0676. The second-order valence-electron chi connectivity index (χ2n) is 2.19. The molecule has 0 saturated carbocycles. The SMILES string of the molecule is COc1ccc(C(F)=CF)cc1. The van der Waals surface area contributed by atoms with Crippen LogP contribution < -0.4 is 4.74 Å². The highest BCUT2D eigenvalue weighted by Gasteiger charge is 1.99. The molecule has 12 heavy (non-hydrogen) atoms. The molecular weight excluding hydrogens is 162 g/mol. The van der Waals surface area contributed by atoms with Gasteiger partial charge in [0, 0.05) is 5.56 Å². The van der Waals surface area contributed by atoms with E-state index in [1.165, 1.54) is 19.2 Å². The molecule has 0 amide bonds. The van der Waals surface area contributed by atoms with Gasteiger partial charge in [0.25, 0.3) is 0 Å². The van der Waals surface area contributed by atoms with Gasteiger partial charge in [0.05, 0.1) is 7.11 Å². The minimum atomic E-state index is -0.877. The fourth-order valence-corrected chi connectivity index (χ4v) is 0.813. The van der Waals surface area contributed by atoms with Crippen LogP contribution in [0.5, 0.6) is 5.75 Å². The van der Waals surface area contributed by atoms with Gasteiger partial charge in [-0.05, 0) is 24.3 Å². The van der Waals surface area contributed by atoms with Gasteiger partial charge in [0.1, 0.15) is 12.1 Å². The fraction of sp³-hybridized carbons (Fsp3) is 0.111. The normalized spacial score (nSPS) is 11.4. The molecule has 0 aliphatic rings. The predicted molar refractivity (Wildman–Crippen MR) is 43.2 cm³/mol. The van der Waals surface area contributed by atoms with E-state index in [1.54, 1.807) is 12.1 Å². The third kappa shape index (κ3) is 1.81. The number of halogens is 2. The molecule has 1 aromatic rings. The van der Waals surface area contributed by atoms with E-state index in [0.717, 1.165) is 0 Å². The number of methoxy groups -OCH3 is 1. The van der Waals surface area contributed by atoms with Crippen LogP contribution in [0.1, 0.15) is 5.56 Å². The average molecular weight is 170 g/mol. The molecule has 1 nitrogen and oxygen atoms in total. The van der Waals surface area contributed by atoms with E-state index in [9.17, 15) is 8.78 Å². The molecule has 0 aliphatic heterocycles. The number of hydrogen-bond donors (Lipinski definition) is 0. The standard InChI is InChI=1S/C9H8F2O/c1-12-8-4-2-7(3-5-8)9(11)6-10/h2-6H,1H3. The van der Waals surface area contributed by atoms with Crippen molar-refractivity contribution < 1.29 is 13.5 Å². The lowest BCUT2D eigenvalue weighted by molar-refractivity contribution is 0.414. The quantitative estimate of drug-likeness (QED) is 0.663. The maximum Gasteiger partial charge on any atom is 0.158 e. The van der Waals surface area contributed by atoms with Crippen LogP contribution in [0.3, 0.4) is 0 Å². The Hall–Kier alpha value is -1.38. The molecule has 0 saturated heterocycles. The van der Waals surface area contributed by atoms with Gasteiger partial charge in [0.15, 0.2) is 5.83 Å². The van der Waals surface area contributed by atoms with Crippen LogP contribution in [0.4, 0.5) is 8.78 Å². The van der Waals surface area contributed by atoms with Crippen molar-refractivity contribution in [2.75, 3.05) is 7.11 Å². The average Bonchev–Trinajstić information content (AvgIpc) is 2.17. The maximum absolute atomic E-state index is 12.5. The smallest absolute Gasteiger partial charge is 0.158 e. The summed E-state index contributed by atoms with van der Waals surface area (Å²) in [6.45, 7) is 0. The van der Waals surface area contributed by atoms with Crippen molar-refractivity contribution in [3.05, 3.63) is 36.2 Å². The van der Waals surface area contributed by atoms with Gasteiger partial charge in [-0.25, -0.2) is 8.78 Å². The molecule has 0 bridgehead atoms. The van der Waals surface area contributed by atoms with Crippen molar-refractivity contribution >= 4 is 5.83 Å². The van der Waals surface area contributed by atoms with Crippen molar-refractivity contribution in [2.24, 2.45) is 0 Å². The van der Waals surface area contributed by atoms with Crippen LogP contribution in [0, 0.1) is 0 Å². The monoisotopic (exact) mass is 170 g/mol. The van der Waals surface area contributed by atoms with Crippen LogP contribution in [-0.4, -0.2) is 7.11 Å². The molecule has 0 aliphatic carbocycles. The zero-order valence-electron chi connectivity index (χ0n) is 6.55. The summed E-state index contributed by atoms with van der Waals surface area (Å²) < 4.78 is 29.1. The van der Waals surface area contributed by atoms with Gasteiger partial charge in [-0.3, -0.25) is 0 Å². The molecule has 0 N–H and O–H groups in total. The largest absolute Gasteiger partial charge is 0.497 e. The molecule has 0 radical (unpaired) electrons. The van der Waals surface area contributed by atoms with Gasteiger partial charge in [-0.2, -0.15) is 0 Å². The topological polar surface area (TPSA) is 9.23 Å². The second-order valence-corrected chi connectivity index (χ2v) is 2.19. The lowest BCUT2D eigenvalue weighted by atomic mass is 10.2. The van der Waals surface area contributed by atoms with Gasteiger partial charge in [0.2, 0.25) is 0 Å². The Bertz CT molecular complexity index is 277. The summed E-state index contributed by atoms with van der Waals surface area (Å²) in [5, 5.41) is 0. The van der Waals surface area contributed by atoms with E-state index in [0.29, 0.717) is 5.75 Å². The summed E-state index contributed by atoms with van der Waals surface area (Å²) >= 11 is 0. The lowest BCUT2D eigenvalue weighted by Gasteiger charge is -1.99. The predicted octanol–water partition coefficient (Wildman–Crippen LogP) is 2.93. The van der Waals surface area contributed by atoms with E-state index in [4.69, 9.17) is 4.74 Å². The second kappa shape index (κ2) is 3.85. The molecule has 0 unspecified atom stereocenters. The van der Waals surface area contributed by atoms with Crippen LogP contribution in [0.15, 0.2) is 30.6 Å². The van der Waals surface area contributed by atoms with Crippen molar-refractivity contribution in [1.82, 2.24) is 0 Å². The molecule has 3 heteroatoms. The summed E-state index contributed by atoms with van der Waals surface area (Å²) in [5.74, 6) is -0.261. The molecule has 64 valence electrons. The van der Waals surface area contributed by atoms with E-state index >= 15 is 0 Å². The first-order valence-electron chi connectivity index (χ1n) is 3.38. The first-order valence-corrected chi connectivity index (χ1v) is 3.38. The Kier molecular flexibility index (Phi) is 2.80. The Morgan fingerprint density at radius 1 is 1.33 bits per heavy atom. The van der Waals surface area contributed by atoms with E-state index < -0.39 is 5.83 Å². The molecule has 0 atom stereocenters.